The van der Waals surface area contributed by atoms with E-state index in [4.69, 9.17) is 9.47 Å². The van der Waals surface area contributed by atoms with Crippen LogP contribution in [0.5, 0.6) is 11.5 Å². The summed E-state index contributed by atoms with van der Waals surface area (Å²) >= 11 is 3.16. The summed E-state index contributed by atoms with van der Waals surface area (Å²) in [6, 6.07) is 6.40. The van der Waals surface area contributed by atoms with E-state index in [1.165, 1.54) is 17.1 Å². The quantitative estimate of drug-likeness (QED) is 0.790. The molecule has 0 saturated heterocycles. The summed E-state index contributed by atoms with van der Waals surface area (Å²) < 4.78 is 15.9. The summed E-state index contributed by atoms with van der Waals surface area (Å²) in [6.07, 6.45) is 2.70. The SMILES string of the molecule is CCCNC(CSc1ncns1)c1ccc2c(c1)OCO2. The Morgan fingerprint density at radius 3 is 3.10 bits per heavy atom. The Morgan fingerprint density at radius 2 is 2.29 bits per heavy atom. The smallest absolute Gasteiger partial charge is 0.231 e. The average Bonchev–Trinajstić information content (AvgIpc) is 3.17. The van der Waals surface area contributed by atoms with Crippen LogP contribution in [-0.4, -0.2) is 28.4 Å². The lowest BCUT2D eigenvalue weighted by atomic mass is 10.1. The number of benzene rings is 1. The van der Waals surface area contributed by atoms with Crippen molar-refractivity contribution in [3.8, 4) is 11.5 Å². The summed E-state index contributed by atoms with van der Waals surface area (Å²) in [5, 5.41) is 3.58. The summed E-state index contributed by atoms with van der Waals surface area (Å²) in [6.45, 7) is 3.46. The van der Waals surface area contributed by atoms with Gasteiger partial charge in [0.15, 0.2) is 15.8 Å². The first-order valence-corrected chi connectivity index (χ1v) is 8.65. The van der Waals surface area contributed by atoms with Gasteiger partial charge in [-0.15, -0.1) is 0 Å². The number of thioether (sulfide) groups is 1. The van der Waals surface area contributed by atoms with Crippen molar-refractivity contribution in [2.75, 3.05) is 19.1 Å². The molecule has 1 N–H and O–H groups in total. The van der Waals surface area contributed by atoms with Gasteiger partial charge in [-0.3, -0.25) is 0 Å². The molecular formula is C14H17N3O2S2. The lowest BCUT2D eigenvalue weighted by Gasteiger charge is -2.18. The highest BCUT2D eigenvalue weighted by Gasteiger charge is 2.18. The zero-order valence-electron chi connectivity index (χ0n) is 11.7. The number of hydrogen-bond donors (Lipinski definition) is 1. The second-order valence-corrected chi connectivity index (χ2v) is 6.68. The highest BCUT2D eigenvalue weighted by Crippen LogP contribution is 2.35. The van der Waals surface area contributed by atoms with Crippen LogP contribution in [0.3, 0.4) is 0 Å². The molecule has 0 radical (unpaired) electrons. The van der Waals surface area contributed by atoms with Gasteiger partial charge >= 0.3 is 0 Å². The van der Waals surface area contributed by atoms with E-state index in [0.717, 1.165) is 34.6 Å². The van der Waals surface area contributed by atoms with Crippen molar-refractivity contribution in [2.45, 2.75) is 23.7 Å². The van der Waals surface area contributed by atoms with Crippen molar-refractivity contribution < 1.29 is 9.47 Å². The van der Waals surface area contributed by atoms with E-state index in [2.05, 4.69) is 33.7 Å². The minimum Gasteiger partial charge on any atom is -0.454 e. The van der Waals surface area contributed by atoms with E-state index in [1.807, 2.05) is 6.07 Å². The third-order valence-electron chi connectivity index (χ3n) is 3.15. The molecule has 1 aromatic heterocycles. The molecular weight excluding hydrogens is 306 g/mol. The molecule has 0 fully saturated rings. The van der Waals surface area contributed by atoms with Gasteiger partial charge in [0.1, 0.15) is 6.33 Å². The third kappa shape index (κ3) is 3.66. The molecule has 112 valence electrons. The standard InChI is InChI=1S/C14H17N3O2S2/c1-2-5-15-11(7-20-14-16-8-17-21-14)10-3-4-12-13(6-10)19-9-18-12/h3-4,6,8,11,15H,2,5,7,9H2,1H3. The van der Waals surface area contributed by atoms with Gasteiger partial charge in [-0.05, 0) is 42.2 Å². The Morgan fingerprint density at radius 1 is 1.38 bits per heavy atom. The molecule has 2 heterocycles. The minimum atomic E-state index is 0.258. The summed E-state index contributed by atoms with van der Waals surface area (Å²) in [5.41, 5.74) is 1.21. The summed E-state index contributed by atoms with van der Waals surface area (Å²) in [4.78, 5) is 4.22. The van der Waals surface area contributed by atoms with Crippen molar-refractivity contribution in [3.63, 3.8) is 0 Å². The molecule has 7 heteroatoms. The molecule has 0 saturated carbocycles. The van der Waals surface area contributed by atoms with Gasteiger partial charge < -0.3 is 14.8 Å². The number of hydrogen-bond acceptors (Lipinski definition) is 7. The zero-order chi connectivity index (χ0) is 14.5. The monoisotopic (exact) mass is 323 g/mol. The number of nitrogens with one attached hydrogen (secondary N) is 1. The van der Waals surface area contributed by atoms with Crippen LogP contribution in [-0.2, 0) is 0 Å². The maximum absolute atomic E-state index is 5.47. The van der Waals surface area contributed by atoms with Gasteiger partial charge in [0, 0.05) is 11.8 Å². The van der Waals surface area contributed by atoms with Gasteiger partial charge in [0.05, 0.1) is 0 Å². The fourth-order valence-corrected chi connectivity index (χ4v) is 3.67. The molecule has 3 rings (SSSR count). The fourth-order valence-electron chi connectivity index (χ4n) is 2.10. The van der Waals surface area contributed by atoms with Crippen LogP contribution >= 0.6 is 23.3 Å². The van der Waals surface area contributed by atoms with Gasteiger partial charge in [-0.25, -0.2) is 4.98 Å². The highest BCUT2D eigenvalue weighted by molar-refractivity contribution is 8.00. The molecule has 0 bridgehead atoms. The van der Waals surface area contributed by atoms with Crippen LogP contribution < -0.4 is 14.8 Å². The van der Waals surface area contributed by atoms with Crippen LogP contribution in [0.15, 0.2) is 28.9 Å². The van der Waals surface area contributed by atoms with E-state index in [9.17, 15) is 0 Å². The van der Waals surface area contributed by atoms with E-state index in [-0.39, 0.29) is 6.04 Å². The van der Waals surface area contributed by atoms with Gasteiger partial charge in [-0.2, -0.15) is 4.37 Å². The molecule has 1 aromatic carbocycles. The molecule has 0 aliphatic carbocycles. The van der Waals surface area contributed by atoms with E-state index in [1.54, 1.807) is 18.1 Å². The molecule has 1 aliphatic heterocycles. The molecule has 1 unspecified atom stereocenters. The van der Waals surface area contributed by atoms with E-state index >= 15 is 0 Å². The van der Waals surface area contributed by atoms with Gasteiger partial charge in [-0.1, -0.05) is 24.8 Å². The zero-order valence-corrected chi connectivity index (χ0v) is 13.4. The van der Waals surface area contributed by atoms with Crippen LogP contribution in [0.25, 0.3) is 0 Å². The first-order chi connectivity index (χ1) is 10.4. The number of nitrogens with zero attached hydrogens (tertiary/aromatic N) is 2. The first-order valence-electron chi connectivity index (χ1n) is 6.89. The maximum Gasteiger partial charge on any atom is 0.231 e. The predicted octanol–water partition coefficient (Wildman–Crippen LogP) is 3.10. The van der Waals surface area contributed by atoms with Gasteiger partial charge in [0.25, 0.3) is 0 Å². The fraction of sp³-hybridized carbons (Fsp3) is 0.429. The topological polar surface area (TPSA) is 56.3 Å². The molecule has 0 spiro atoms. The lowest BCUT2D eigenvalue weighted by molar-refractivity contribution is 0.174. The van der Waals surface area contributed by atoms with E-state index in [0.29, 0.717) is 6.79 Å². The molecule has 5 nitrogen and oxygen atoms in total. The van der Waals surface area contributed by atoms with Crippen molar-refractivity contribution in [1.29, 1.82) is 0 Å². The Balaban J connectivity index is 1.71. The number of fused-ring (bicyclic) bond motifs is 1. The van der Waals surface area contributed by atoms with E-state index < -0.39 is 0 Å². The van der Waals surface area contributed by atoms with Crippen molar-refractivity contribution in [1.82, 2.24) is 14.7 Å². The Hall–Kier alpha value is -1.31. The Labute approximate surface area is 132 Å². The Kier molecular flexibility index (Phi) is 4.95. The van der Waals surface area contributed by atoms with Crippen molar-refractivity contribution in [2.24, 2.45) is 0 Å². The molecule has 1 aliphatic rings. The number of ether oxygens (including phenoxy) is 2. The second kappa shape index (κ2) is 7.11. The summed E-state index contributed by atoms with van der Waals surface area (Å²) in [7, 11) is 0. The number of aromatic nitrogens is 2. The lowest BCUT2D eigenvalue weighted by Crippen LogP contribution is -2.24. The van der Waals surface area contributed by atoms with Crippen LogP contribution in [0, 0.1) is 0 Å². The van der Waals surface area contributed by atoms with Crippen LogP contribution in [0.1, 0.15) is 24.9 Å². The average molecular weight is 323 g/mol. The molecule has 1 atom stereocenters. The predicted molar refractivity (Wildman–Crippen MR) is 84.2 cm³/mol. The summed E-state index contributed by atoms with van der Waals surface area (Å²) in [5.74, 6) is 2.57. The van der Waals surface area contributed by atoms with Crippen LogP contribution in [0.4, 0.5) is 0 Å². The second-order valence-electron chi connectivity index (χ2n) is 4.64. The van der Waals surface area contributed by atoms with Crippen molar-refractivity contribution >= 4 is 23.3 Å². The normalized spacial score (nSPS) is 14.3. The molecule has 21 heavy (non-hydrogen) atoms. The van der Waals surface area contributed by atoms with Crippen LogP contribution in [0.2, 0.25) is 0 Å². The maximum atomic E-state index is 5.47. The Bertz CT molecular complexity index is 578. The first kappa shape index (κ1) is 14.6. The number of rotatable bonds is 7. The third-order valence-corrected chi connectivity index (χ3v) is 5.05. The largest absolute Gasteiger partial charge is 0.454 e. The van der Waals surface area contributed by atoms with Crippen molar-refractivity contribution in [3.05, 3.63) is 30.1 Å². The highest BCUT2D eigenvalue weighted by atomic mass is 32.2. The molecule has 0 amide bonds. The van der Waals surface area contributed by atoms with Gasteiger partial charge in [0.2, 0.25) is 6.79 Å². The molecule has 2 aromatic rings. The minimum absolute atomic E-state index is 0.258.